The molecule has 1 atom stereocenters. The molecule has 0 radical (unpaired) electrons. The van der Waals surface area contributed by atoms with Crippen molar-refractivity contribution in [2.75, 3.05) is 7.05 Å². The third-order valence-corrected chi connectivity index (χ3v) is 5.35. The number of rotatable bonds is 7. The molecule has 2 heterocycles. The average Bonchev–Trinajstić information content (AvgIpc) is 3.49. The molecule has 0 saturated carbocycles. The lowest BCUT2D eigenvalue weighted by molar-refractivity contribution is -0.131. The first-order chi connectivity index (χ1) is 15.0. The zero-order valence-electron chi connectivity index (χ0n) is 17.8. The van der Waals surface area contributed by atoms with Gasteiger partial charge in [-0.15, -0.1) is 10.2 Å². The maximum Gasteiger partial charge on any atom is 0.247 e. The summed E-state index contributed by atoms with van der Waals surface area (Å²) in [6.45, 7) is 4.03. The molecule has 0 saturated heterocycles. The monoisotopic (exact) mass is 416 g/mol. The lowest BCUT2D eigenvalue weighted by atomic mass is 10.1. The summed E-state index contributed by atoms with van der Waals surface area (Å²) in [5.41, 5.74) is 4.00. The van der Waals surface area contributed by atoms with Gasteiger partial charge >= 0.3 is 0 Å². The molecule has 158 valence electrons. The number of nitrogens with zero attached hydrogens (tertiary/aromatic N) is 6. The third-order valence-electron chi connectivity index (χ3n) is 5.35. The zero-order chi connectivity index (χ0) is 21.8. The Kier molecular flexibility index (Phi) is 5.88. The van der Waals surface area contributed by atoms with Crippen LogP contribution in [0.15, 0.2) is 65.6 Å². The number of carbonyl (C=O) groups excluding carboxylic acids is 1. The molecular weight excluding hydrogens is 392 g/mol. The minimum atomic E-state index is -0.0666. The second-order valence-corrected chi connectivity index (χ2v) is 7.48. The zero-order valence-corrected chi connectivity index (χ0v) is 17.8. The Morgan fingerprint density at radius 1 is 1.10 bits per heavy atom. The number of carbonyl (C=O) groups is 1. The molecule has 4 rings (SSSR count). The van der Waals surface area contributed by atoms with Crippen LogP contribution in [0.5, 0.6) is 0 Å². The van der Waals surface area contributed by atoms with Crippen LogP contribution in [0.1, 0.15) is 36.4 Å². The summed E-state index contributed by atoms with van der Waals surface area (Å²) in [6.07, 6.45) is 3.85. The summed E-state index contributed by atoms with van der Waals surface area (Å²) in [6, 6.07) is 15.7. The fourth-order valence-electron chi connectivity index (χ4n) is 3.24. The molecule has 2 aromatic heterocycles. The van der Waals surface area contributed by atoms with Gasteiger partial charge in [-0.05, 0) is 43.7 Å². The van der Waals surface area contributed by atoms with Gasteiger partial charge in [0.15, 0.2) is 0 Å². The van der Waals surface area contributed by atoms with Crippen LogP contribution in [-0.4, -0.2) is 42.8 Å². The van der Waals surface area contributed by atoms with E-state index >= 15 is 0 Å². The Hall–Kier alpha value is -3.81. The number of hydrogen-bond donors (Lipinski definition) is 0. The van der Waals surface area contributed by atoms with Crippen molar-refractivity contribution in [3.05, 3.63) is 78.2 Å². The molecule has 8 nitrogen and oxygen atoms in total. The summed E-state index contributed by atoms with van der Waals surface area (Å²) in [7, 11) is 1.81. The maximum atomic E-state index is 12.7. The fourth-order valence-corrected chi connectivity index (χ4v) is 3.24. The van der Waals surface area contributed by atoms with E-state index < -0.39 is 0 Å². The van der Waals surface area contributed by atoms with Crippen LogP contribution < -0.4 is 0 Å². The first-order valence-corrected chi connectivity index (χ1v) is 10.1. The van der Waals surface area contributed by atoms with Crippen molar-refractivity contribution in [2.24, 2.45) is 0 Å². The Morgan fingerprint density at radius 2 is 1.84 bits per heavy atom. The summed E-state index contributed by atoms with van der Waals surface area (Å²) < 4.78 is 7.42. The Balaban J connectivity index is 1.34. The van der Waals surface area contributed by atoms with Gasteiger partial charge in [-0.1, -0.05) is 29.8 Å². The number of aromatic nitrogens is 5. The quantitative estimate of drug-likeness (QED) is 0.455. The minimum Gasteiger partial charge on any atom is -0.421 e. The summed E-state index contributed by atoms with van der Waals surface area (Å²) in [5, 5.41) is 12.3. The second-order valence-electron chi connectivity index (χ2n) is 7.48. The van der Waals surface area contributed by atoms with Gasteiger partial charge in [0.05, 0.1) is 11.7 Å². The van der Waals surface area contributed by atoms with Crippen LogP contribution in [0.25, 0.3) is 17.1 Å². The molecule has 8 heteroatoms. The molecule has 31 heavy (non-hydrogen) atoms. The first kappa shape index (κ1) is 20.5. The van der Waals surface area contributed by atoms with E-state index in [4.69, 9.17) is 4.42 Å². The number of aryl methyl sites for hydroxylation is 2. The van der Waals surface area contributed by atoms with Crippen molar-refractivity contribution in [3.63, 3.8) is 0 Å². The van der Waals surface area contributed by atoms with Crippen molar-refractivity contribution in [2.45, 2.75) is 32.7 Å². The number of hydrogen-bond acceptors (Lipinski definition) is 6. The largest absolute Gasteiger partial charge is 0.421 e. The Morgan fingerprint density at radius 3 is 2.52 bits per heavy atom. The SMILES string of the molecule is Cc1ccc(-c2nnc(CCC(=O)N(C)C(C)c3ccc(-n4cncn4)cc3)o2)cc1. The summed E-state index contributed by atoms with van der Waals surface area (Å²) in [4.78, 5) is 18.4. The van der Waals surface area contributed by atoms with E-state index in [2.05, 4.69) is 20.3 Å². The van der Waals surface area contributed by atoms with Gasteiger partial charge in [0.25, 0.3) is 0 Å². The van der Waals surface area contributed by atoms with Crippen molar-refractivity contribution >= 4 is 5.91 Å². The third kappa shape index (κ3) is 4.69. The predicted octanol–water partition coefficient (Wildman–Crippen LogP) is 3.78. The van der Waals surface area contributed by atoms with Crippen LogP contribution in [-0.2, 0) is 11.2 Å². The van der Waals surface area contributed by atoms with E-state index in [0.29, 0.717) is 24.6 Å². The standard InChI is InChI=1S/C23H24N6O2/c1-16-4-6-19(7-5-16)23-27-26-21(31-23)12-13-22(30)28(3)17(2)18-8-10-20(11-9-18)29-15-24-14-25-29/h4-11,14-15,17H,12-13H2,1-3H3. The van der Waals surface area contributed by atoms with Gasteiger partial charge in [-0.25, -0.2) is 9.67 Å². The van der Waals surface area contributed by atoms with Crippen LogP contribution >= 0.6 is 0 Å². The van der Waals surface area contributed by atoms with Gasteiger partial charge in [0.2, 0.25) is 17.7 Å². The highest BCUT2D eigenvalue weighted by Gasteiger charge is 2.19. The number of benzene rings is 2. The van der Waals surface area contributed by atoms with Crippen molar-refractivity contribution in [1.29, 1.82) is 0 Å². The highest BCUT2D eigenvalue weighted by atomic mass is 16.4. The van der Waals surface area contributed by atoms with Crippen molar-refractivity contribution in [3.8, 4) is 17.1 Å². The van der Waals surface area contributed by atoms with Crippen LogP contribution in [0.2, 0.25) is 0 Å². The molecule has 1 amide bonds. The topological polar surface area (TPSA) is 89.9 Å². The van der Waals surface area contributed by atoms with E-state index in [1.807, 2.05) is 69.4 Å². The lowest BCUT2D eigenvalue weighted by Gasteiger charge is -2.25. The minimum absolute atomic E-state index is 0.0166. The molecule has 2 aromatic carbocycles. The highest BCUT2D eigenvalue weighted by molar-refractivity contribution is 5.76. The molecule has 4 aromatic rings. The van der Waals surface area contributed by atoms with Crippen LogP contribution in [0.4, 0.5) is 0 Å². The molecule has 0 spiro atoms. The van der Waals surface area contributed by atoms with E-state index in [9.17, 15) is 4.79 Å². The van der Waals surface area contributed by atoms with Crippen molar-refractivity contribution in [1.82, 2.24) is 29.9 Å². The number of amides is 1. The van der Waals surface area contributed by atoms with Gasteiger partial charge in [0, 0.05) is 25.5 Å². The van der Waals surface area contributed by atoms with Crippen LogP contribution in [0.3, 0.4) is 0 Å². The second kappa shape index (κ2) is 8.91. The van der Waals surface area contributed by atoms with Gasteiger partial charge in [0.1, 0.15) is 12.7 Å². The molecule has 0 aliphatic carbocycles. The Labute approximate surface area is 180 Å². The molecule has 1 unspecified atom stereocenters. The highest BCUT2D eigenvalue weighted by Crippen LogP contribution is 2.22. The van der Waals surface area contributed by atoms with E-state index in [-0.39, 0.29) is 11.9 Å². The predicted molar refractivity (Wildman–Crippen MR) is 115 cm³/mol. The maximum absolute atomic E-state index is 12.7. The molecule has 0 fully saturated rings. The lowest BCUT2D eigenvalue weighted by Crippen LogP contribution is -2.29. The van der Waals surface area contributed by atoms with Gasteiger partial charge < -0.3 is 9.32 Å². The normalized spacial score (nSPS) is 12.0. The first-order valence-electron chi connectivity index (χ1n) is 10.1. The summed E-state index contributed by atoms with van der Waals surface area (Å²) in [5.74, 6) is 0.946. The van der Waals surface area contributed by atoms with Crippen molar-refractivity contribution < 1.29 is 9.21 Å². The molecule has 0 bridgehead atoms. The van der Waals surface area contributed by atoms with E-state index in [0.717, 1.165) is 16.8 Å². The Bertz CT molecular complexity index is 1130. The van der Waals surface area contributed by atoms with Gasteiger partial charge in [-0.2, -0.15) is 5.10 Å². The van der Waals surface area contributed by atoms with E-state index in [1.54, 1.807) is 15.9 Å². The van der Waals surface area contributed by atoms with E-state index in [1.165, 1.54) is 11.9 Å². The molecule has 0 N–H and O–H groups in total. The molecule has 0 aliphatic rings. The average molecular weight is 416 g/mol. The van der Waals surface area contributed by atoms with Gasteiger partial charge in [-0.3, -0.25) is 4.79 Å². The molecule has 0 aliphatic heterocycles. The molecular formula is C23H24N6O2. The smallest absolute Gasteiger partial charge is 0.247 e. The fraction of sp³-hybridized carbons (Fsp3) is 0.261. The van der Waals surface area contributed by atoms with Crippen LogP contribution in [0, 0.1) is 6.92 Å². The summed E-state index contributed by atoms with van der Waals surface area (Å²) >= 11 is 0.